The molecule has 0 amide bonds. The summed E-state index contributed by atoms with van der Waals surface area (Å²) in [4.78, 5) is 11.1. The van der Waals surface area contributed by atoms with Crippen LogP contribution in [0.3, 0.4) is 0 Å². The van der Waals surface area contributed by atoms with E-state index in [2.05, 4.69) is 4.74 Å². The van der Waals surface area contributed by atoms with Crippen LogP contribution in [0, 0.1) is 0 Å². The highest BCUT2D eigenvalue weighted by Crippen LogP contribution is 2.17. The smallest absolute Gasteiger partial charge is 0.306 e. The van der Waals surface area contributed by atoms with Crippen LogP contribution in [0.1, 0.15) is 19.8 Å². The lowest BCUT2D eigenvalue weighted by molar-refractivity contribution is -0.140. The predicted molar refractivity (Wildman–Crippen MR) is 69.8 cm³/mol. The van der Waals surface area contributed by atoms with Gasteiger partial charge in [0.05, 0.1) is 26.7 Å². The van der Waals surface area contributed by atoms with Gasteiger partial charge in [-0.15, -0.1) is 0 Å². The fraction of sp³-hybridized carbons (Fsp3) is 0.909. The highest BCUT2D eigenvalue weighted by Gasteiger charge is 2.34. The molecule has 1 aliphatic heterocycles. The number of ether oxygens (including phenoxy) is 2. The second kappa shape index (κ2) is 7.18. The first-order valence-electron chi connectivity index (χ1n) is 6.31. The molecule has 1 unspecified atom stereocenters. The summed E-state index contributed by atoms with van der Waals surface area (Å²) in [6, 6.07) is -0.140. The van der Waals surface area contributed by atoms with Crippen LogP contribution in [0.25, 0.3) is 0 Å². The van der Waals surface area contributed by atoms with E-state index in [1.165, 1.54) is 22.8 Å². The van der Waals surface area contributed by atoms with E-state index >= 15 is 0 Å². The van der Waals surface area contributed by atoms with Gasteiger partial charge in [-0.25, -0.2) is 0 Å². The molecule has 0 saturated carbocycles. The zero-order valence-corrected chi connectivity index (χ0v) is 12.5. The van der Waals surface area contributed by atoms with Gasteiger partial charge >= 0.3 is 5.97 Å². The molecule has 0 aromatic heterocycles. The largest absolute Gasteiger partial charge is 0.469 e. The number of hydrogen-bond acceptors (Lipinski definition) is 5. The van der Waals surface area contributed by atoms with Gasteiger partial charge in [0.25, 0.3) is 10.2 Å². The number of methoxy groups -OCH3 is 1. The van der Waals surface area contributed by atoms with Crippen molar-refractivity contribution in [1.29, 1.82) is 0 Å². The van der Waals surface area contributed by atoms with Crippen molar-refractivity contribution in [2.75, 3.05) is 40.5 Å². The molecule has 19 heavy (non-hydrogen) atoms. The molecule has 7 nitrogen and oxygen atoms in total. The maximum Gasteiger partial charge on any atom is 0.306 e. The maximum absolute atomic E-state index is 12.4. The number of hydrogen-bond donors (Lipinski definition) is 0. The number of rotatable bonds is 6. The molecule has 0 spiro atoms. The van der Waals surface area contributed by atoms with Crippen molar-refractivity contribution in [3.63, 3.8) is 0 Å². The summed E-state index contributed by atoms with van der Waals surface area (Å²) < 4.78 is 37.2. The Morgan fingerprint density at radius 3 is 2.79 bits per heavy atom. The summed E-state index contributed by atoms with van der Waals surface area (Å²) in [6.07, 6.45) is 0.747. The molecule has 1 fully saturated rings. The minimum absolute atomic E-state index is 0.0490. The Labute approximate surface area is 114 Å². The second-order valence-electron chi connectivity index (χ2n) is 4.40. The molecule has 0 aromatic carbocycles. The third-order valence-electron chi connectivity index (χ3n) is 3.19. The van der Waals surface area contributed by atoms with E-state index in [1.54, 1.807) is 0 Å². The Morgan fingerprint density at radius 1 is 1.53 bits per heavy atom. The lowest BCUT2D eigenvalue weighted by Crippen LogP contribution is -2.53. The van der Waals surface area contributed by atoms with Crippen LogP contribution in [0.15, 0.2) is 0 Å². The molecule has 0 bridgehead atoms. The Kier molecular flexibility index (Phi) is 6.18. The van der Waals surface area contributed by atoms with E-state index in [0.717, 1.165) is 0 Å². The topological polar surface area (TPSA) is 76.2 Å². The first-order chi connectivity index (χ1) is 8.93. The molecule has 0 radical (unpaired) electrons. The molecule has 0 aliphatic carbocycles. The number of morpholine rings is 1. The van der Waals surface area contributed by atoms with E-state index in [-0.39, 0.29) is 19.0 Å². The van der Waals surface area contributed by atoms with E-state index in [1.807, 2.05) is 6.92 Å². The average molecular weight is 294 g/mol. The minimum Gasteiger partial charge on any atom is -0.469 e. The summed E-state index contributed by atoms with van der Waals surface area (Å²) in [5.74, 6) is -0.420. The third-order valence-corrected chi connectivity index (χ3v) is 5.24. The Bertz CT molecular complexity index is 398. The molecule has 1 aliphatic rings. The number of esters is 1. The average Bonchev–Trinajstić information content (AvgIpc) is 2.43. The number of carbonyl (C=O) groups excluding carboxylic acids is 1. The Morgan fingerprint density at radius 2 is 2.21 bits per heavy atom. The van der Waals surface area contributed by atoms with Gasteiger partial charge in [-0.2, -0.15) is 17.0 Å². The van der Waals surface area contributed by atoms with Crippen LogP contribution < -0.4 is 0 Å². The second-order valence-corrected chi connectivity index (χ2v) is 6.39. The normalized spacial score (nSPS) is 21.6. The monoisotopic (exact) mass is 294 g/mol. The van der Waals surface area contributed by atoms with Gasteiger partial charge in [0.1, 0.15) is 0 Å². The van der Waals surface area contributed by atoms with Crippen LogP contribution >= 0.6 is 0 Å². The van der Waals surface area contributed by atoms with Crippen LogP contribution in [-0.2, 0) is 24.5 Å². The van der Waals surface area contributed by atoms with Gasteiger partial charge < -0.3 is 9.47 Å². The predicted octanol–water partition coefficient (Wildman–Crippen LogP) is -0.163. The van der Waals surface area contributed by atoms with Gasteiger partial charge in [0, 0.05) is 26.2 Å². The van der Waals surface area contributed by atoms with Crippen LogP contribution in [0.4, 0.5) is 0 Å². The number of nitrogens with zero attached hydrogens (tertiary/aromatic N) is 2. The molecule has 8 heteroatoms. The molecule has 0 N–H and O–H groups in total. The molecule has 1 rings (SSSR count). The molecular formula is C11H22N2O5S. The van der Waals surface area contributed by atoms with Crippen molar-refractivity contribution in [1.82, 2.24) is 8.61 Å². The lowest BCUT2D eigenvalue weighted by atomic mass is 10.2. The van der Waals surface area contributed by atoms with E-state index in [4.69, 9.17) is 4.74 Å². The summed E-state index contributed by atoms with van der Waals surface area (Å²) >= 11 is 0. The van der Waals surface area contributed by atoms with Gasteiger partial charge in [-0.3, -0.25) is 4.79 Å². The van der Waals surface area contributed by atoms with Crippen molar-refractivity contribution in [3.05, 3.63) is 0 Å². The van der Waals surface area contributed by atoms with Gasteiger partial charge in [0.15, 0.2) is 0 Å². The van der Waals surface area contributed by atoms with Gasteiger partial charge in [-0.1, -0.05) is 6.92 Å². The molecule has 0 aromatic rings. The zero-order valence-electron chi connectivity index (χ0n) is 11.7. The lowest BCUT2D eigenvalue weighted by Gasteiger charge is -2.36. The highest BCUT2D eigenvalue weighted by atomic mass is 32.2. The fourth-order valence-corrected chi connectivity index (χ4v) is 3.48. The highest BCUT2D eigenvalue weighted by molar-refractivity contribution is 7.86. The summed E-state index contributed by atoms with van der Waals surface area (Å²) in [6.45, 7) is 3.21. The van der Waals surface area contributed by atoms with Gasteiger partial charge in [-0.05, 0) is 6.42 Å². The molecule has 1 atom stereocenters. The van der Waals surface area contributed by atoms with E-state index < -0.39 is 16.2 Å². The molecular weight excluding hydrogens is 272 g/mol. The molecule has 1 saturated heterocycles. The molecule has 1 heterocycles. The zero-order chi connectivity index (χ0) is 14.5. The van der Waals surface area contributed by atoms with Crippen LogP contribution in [0.5, 0.6) is 0 Å². The van der Waals surface area contributed by atoms with E-state index in [9.17, 15) is 13.2 Å². The summed E-state index contributed by atoms with van der Waals surface area (Å²) in [5, 5.41) is 0. The first kappa shape index (κ1) is 16.4. The van der Waals surface area contributed by atoms with Crippen molar-refractivity contribution in [2.45, 2.75) is 25.8 Å². The van der Waals surface area contributed by atoms with Gasteiger partial charge in [0.2, 0.25) is 0 Å². The quantitative estimate of drug-likeness (QED) is 0.636. The van der Waals surface area contributed by atoms with Crippen molar-refractivity contribution >= 4 is 16.2 Å². The summed E-state index contributed by atoms with van der Waals surface area (Å²) in [7, 11) is -0.792. The van der Waals surface area contributed by atoms with Crippen molar-refractivity contribution in [3.8, 4) is 0 Å². The SMILES string of the molecule is CCC1COCCN1S(=O)(=O)N(C)CCC(=O)OC. The Hall–Kier alpha value is -0.700. The maximum atomic E-state index is 12.4. The number of carbonyl (C=O) groups is 1. The van der Waals surface area contributed by atoms with Crippen LogP contribution in [0.2, 0.25) is 0 Å². The van der Waals surface area contributed by atoms with Crippen molar-refractivity contribution in [2.24, 2.45) is 0 Å². The molecule has 112 valence electrons. The standard InChI is InChI=1S/C11H22N2O5S/c1-4-10-9-18-8-7-13(10)19(15,16)12(2)6-5-11(14)17-3/h10H,4-9H2,1-3H3. The van der Waals surface area contributed by atoms with Crippen molar-refractivity contribution < 1.29 is 22.7 Å². The third kappa shape index (κ3) is 4.13. The minimum atomic E-state index is -3.55. The fourth-order valence-electron chi connectivity index (χ4n) is 1.91. The Balaban J connectivity index is 2.69. The first-order valence-corrected chi connectivity index (χ1v) is 7.70. The van der Waals surface area contributed by atoms with Crippen LogP contribution in [-0.4, -0.2) is 69.5 Å². The summed E-state index contributed by atoms with van der Waals surface area (Å²) in [5.41, 5.74) is 0. The van der Waals surface area contributed by atoms with E-state index in [0.29, 0.717) is 26.2 Å².